The second-order valence-electron chi connectivity index (χ2n) is 3.53. The lowest BCUT2D eigenvalue weighted by Crippen LogP contribution is -2.30. The van der Waals surface area contributed by atoms with Crippen LogP contribution in [0.2, 0.25) is 0 Å². The molecule has 14 heavy (non-hydrogen) atoms. The molecule has 0 aromatic carbocycles. The molecule has 6 heteroatoms. The molecule has 0 radical (unpaired) electrons. The van der Waals surface area contributed by atoms with Crippen LogP contribution in [0.25, 0.3) is 0 Å². The Balaban J connectivity index is 2.27. The molecule has 1 aliphatic rings. The first-order valence-electron chi connectivity index (χ1n) is 4.24. The zero-order valence-corrected chi connectivity index (χ0v) is 8.81. The van der Waals surface area contributed by atoms with Gasteiger partial charge in [0.25, 0.3) is 0 Å². The Morgan fingerprint density at radius 2 is 2.21 bits per heavy atom. The standard InChI is InChI=1S/C8H13ClF2O3/c1-7(2)12-3-6(14-7)4-13-8(10,11)5-9/h6H,3-5H2,1-2H3. The highest BCUT2D eigenvalue weighted by Gasteiger charge is 2.36. The maximum Gasteiger partial charge on any atom is 0.369 e. The lowest BCUT2D eigenvalue weighted by molar-refractivity contribution is -0.237. The van der Waals surface area contributed by atoms with Crippen molar-refractivity contribution in [2.75, 3.05) is 19.1 Å². The average molecular weight is 231 g/mol. The van der Waals surface area contributed by atoms with Gasteiger partial charge in [-0.15, -0.1) is 11.6 Å². The van der Waals surface area contributed by atoms with Crippen LogP contribution in [-0.4, -0.2) is 37.1 Å². The second kappa shape index (κ2) is 4.26. The molecule has 1 saturated heterocycles. The van der Waals surface area contributed by atoms with Crippen molar-refractivity contribution in [1.29, 1.82) is 0 Å². The highest BCUT2D eigenvalue weighted by atomic mass is 35.5. The lowest BCUT2D eigenvalue weighted by atomic mass is 10.4. The molecule has 0 saturated carbocycles. The van der Waals surface area contributed by atoms with E-state index in [1.165, 1.54) is 0 Å². The minimum atomic E-state index is -3.29. The van der Waals surface area contributed by atoms with E-state index in [4.69, 9.17) is 21.1 Å². The van der Waals surface area contributed by atoms with Crippen LogP contribution in [-0.2, 0) is 14.2 Å². The Bertz CT molecular complexity index is 199. The highest BCUT2D eigenvalue weighted by molar-refractivity contribution is 6.18. The molecule has 0 aliphatic carbocycles. The minimum Gasteiger partial charge on any atom is -0.348 e. The normalized spacial score (nSPS) is 26.8. The Kier molecular flexibility index (Phi) is 3.69. The van der Waals surface area contributed by atoms with Crippen LogP contribution >= 0.6 is 11.6 Å². The van der Waals surface area contributed by atoms with Gasteiger partial charge in [-0.3, -0.25) is 0 Å². The summed E-state index contributed by atoms with van der Waals surface area (Å²) in [5.41, 5.74) is 0. The third-order valence-corrected chi connectivity index (χ3v) is 2.01. The number of alkyl halides is 3. The summed E-state index contributed by atoms with van der Waals surface area (Å²) in [5, 5.41) is 0. The first-order valence-corrected chi connectivity index (χ1v) is 4.78. The van der Waals surface area contributed by atoms with Gasteiger partial charge in [0.05, 0.1) is 13.2 Å². The van der Waals surface area contributed by atoms with Crippen LogP contribution in [0.4, 0.5) is 8.78 Å². The van der Waals surface area contributed by atoms with Crippen molar-refractivity contribution in [3.8, 4) is 0 Å². The maximum atomic E-state index is 12.5. The Labute approximate surface area is 86.3 Å². The van der Waals surface area contributed by atoms with Crippen LogP contribution in [0.15, 0.2) is 0 Å². The summed E-state index contributed by atoms with van der Waals surface area (Å²) in [4.78, 5) is 0. The summed E-state index contributed by atoms with van der Waals surface area (Å²) < 4.78 is 39.8. The molecular formula is C8H13ClF2O3. The van der Waals surface area contributed by atoms with Gasteiger partial charge in [-0.25, -0.2) is 0 Å². The predicted molar refractivity (Wildman–Crippen MR) is 46.5 cm³/mol. The molecule has 1 heterocycles. The molecule has 1 rings (SSSR count). The summed E-state index contributed by atoms with van der Waals surface area (Å²) in [6.45, 7) is 3.47. The van der Waals surface area contributed by atoms with E-state index in [1.54, 1.807) is 13.8 Å². The van der Waals surface area contributed by atoms with E-state index in [0.717, 1.165) is 0 Å². The molecule has 0 aromatic heterocycles. The van der Waals surface area contributed by atoms with Gasteiger partial charge < -0.3 is 14.2 Å². The molecule has 3 nitrogen and oxygen atoms in total. The van der Waals surface area contributed by atoms with Gasteiger partial charge in [-0.1, -0.05) is 0 Å². The molecule has 0 aromatic rings. The summed E-state index contributed by atoms with van der Waals surface area (Å²) in [5.74, 6) is -1.58. The Morgan fingerprint density at radius 1 is 1.57 bits per heavy atom. The van der Waals surface area contributed by atoms with Crippen molar-refractivity contribution < 1.29 is 23.0 Å². The Morgan fingerprint density at radius 3 is 2.64 bits per heavy atom. The third kappa shape index (κ3) is 3.65. The fourth-order valence-corrected chi connectivity index (χ4v) is 1.18. The molecule has 1 aliphatic heterocycles. The zero-order chi connectivity index (χ0) is 10.8. The first kappa shape index (κ1) is 12.1. The number of ether oxygens (including phenoxy) is 3. The Hall–Kier alpha value is 0.0300. The van der Waals surface area contributed by atoms with Crippen LogP contribution in [0.1, 0.15) is 13.8 Å². The van der Waals surface area contributed by atoms with Gasteiger partial charge >= 0.3 is 6.11 Å². The van der Waals surface area contributed by atoms with E-state index in [2.05, 4.69) is 4.74 Å². The predicted octanol–water partition coefficient (Wildman–Crippen LogP) is 1.99. The van der Waals surface area contributed by atoms with Crippen LogP contribution < -0.4 is 0 Å². The van der Waals surface area contributed by atoms with Gasteiger partial charge in [0.15, 0.2) is 5.79 Å². The molecule has 84 valence electrons. The zero-order valence-electron chi connectivity index (χ0n) is 8.06. The van der Waals surface area contributed by atoms with Gasteiger partial charge in [-0.2, -0.15) is 8.78 Å². The van der Waals surface area contributed by atoms with Crippen LogP contribution in [0.5, 0.6) is 0 Å². The van der Waals surface area contributed by atoms with Crippen molar-refractivity contribution in [2.45, 2.75) is 31.8 Å². The molecular weight excluding hydrogens is 218 g/mol. The summed E-state index contributed by atoms with van der Waals surface area (Å²) in [6, 6.07) is 0. The SMILES string of the molecule is CC1(C)OCC(COC(F)(F)CCl)O1. The van der Waals surface area contributed by atoms with Crippen LogP contribution in [0.3, 0.4) is 0 Å². The van der Waals surface area contributed by atoms with Gasteiger partial charge in [0.1, 0.15) is 12.0 Å². The van der Waals surface area contributed by atoms with Crippen LogP contribution in [0, 0.1) is 0 Å². The van der Waals surface area contributed by atoms with E-state index < -0.39 is 23.9 Å². The van der Waals surface area contributed by atoms with Crippen molar-refractivity contribution in [3.63, 3.8) is 0 Å². The van der Waals surface area contributed by atoms with E-state index in [9.17, 15) is 8.78 Å². The second-order valence-corrected chi connectivity index (χ2v) is 3.80. The molecule has 1 unspecified atom stereocenters. The highest BCUT2D eigenvalue weighted by Crippen LogP contribution is 2.24. The number of hydrogen-bond acceptors (Lipinski definition) is 3. The number of rotatable bonds is 4. The topological polar surface area (TPSA) is 27.7 Å². The third-order valence-electron chi connectivity index (χ3n) is 1.70. The fourth-order valence-electron chi connectivity index (χ4n) is 1.10. The quantitative estimate of drug-likeness (QED) is 0.692. The van der Waals surface area contributed by atoms with Crippen molar-refractivity contribution in [2.24, 2.45) is 0 Å². The fraction of sp³-hybridized carbons (Fsp3) is 1.00. The average Bonchev–Trinajstić information content (AvgIpc) is 2.43. The van der Waals surface area contributed by atoms with Crippen molar-refractivity contribution in [3.05, 3.63) is 0 Å². The molecule has 0 spiro atoms. The van der Waals surface area contributed by atoms with Crippen molar-refractivity contribution >= 4 is 11.6 Å². The lowest BCUT2D eigenvalue weighted by Gasteiger charge is -2.19. The number of hydrogen-bond donors (Lipinski definition) is 0. The van der Waals surface area contributed by atoms with E-state index in [-0.39, 0.29) is 13.2 Å². The number of halogens is 3. The molecule has 0 N–H and O–H groups in total. The van der Waals surface area contributed by atoms with E-state index in [0.29, 0.717) is 0 Å². The van der Waals surface area contributed by atoms with Gasteiger partial charge in [0.2, 0.25) is 0 Å². The molecule has 1 fully saturated rings. The van der Waals surface area contributed by atoms with E-state index in [1.807, 2.05) is 0 Å². The van der Waals surface area contributed by atoms with Gasteiger partial charge in [-0.05, 0) is 13.8 Å². The van der Waals surface area contributed by atoms with Gasteiger partial charge in [0, 0.05) is 0 Å². The summed E-state index contributed by atoms with van der Waals surface area (Å²) in [6.07, 6.45) is -3.75. The molecule has 1 atom stereocenters. The first-order chi connectivity index (χ1) is 6.35. The van der Waals surface area contributed by atoms with Crippen molar-refractivity contribution in [1.82, 2.24) is 0 Å². The maximum absolute atomic E-state index is 12.5. The largest absolute Gasteiger partial charge is 0.369 e. The monoisotopic (exact) mass is 230 g/mol. The molecule has 0 bridgehead atoms. The smallest absolute Gasteiger partial charge is 0.348 e. The molecule has 0 amide bonds. The minimum absolute atomic E-state index is 0.219. The summed E-state index contributed by atoms with van der Waals surface area (Å²) >= 11 is 4.99. The summed E-state index contributed by atoms with van der Waals surface area (Å²) in [7, 11) is 0. The van der Waals surface area contributed by atoms with E-state index >= 15 is 0 Å².